The number of hydrogen-bond acceptors (Lipinski definition) is 7. The molecule has 2 fully saturated rings. The summed E-state index contributed by atoms with van der Waals surface area (Å²) in [5, 5.41) is 8.95. The lowest BCUT2D eigenvalue weighted by Gasteiger charge is -2.12. The molecule has 0 N–H and O–H groups in total. The van der Waals surface area contributed by atoms with Crippen LogP contribution in [0.15, 0.2) is 5.16 Å². The van der Waals surface area contributed by atoms with Gasteiger partial charge >= 0.3 is 0 Å². The minimum atomic E-state index is 0. The number of oxime groups is 1. The number of piperidine rings is 1. The number of aromatic nitrogens is 2. The molecule has 1 aromatic heterocycles. The smallest absolute Gasteiger partial charge is 0.221 e. The molecule has 19 heavy (non-hydrogen) atoms. The highest BCUT2D eigenvalue weighted by Crippen LogP contribution is 2.26. The van der Waals surface area contributed by atoms with E-state index in [-0.39, 0.29) is 12.4 Å². The molecule has 2 saturated heterocycles. The van der Waals surface area contributed by atoms with Gasteiger partial charge in [-0.1, -0.05) is 9.64 Å². The monoisotopic (exact) mass is 304 g/mol. The van der Waals surface area contributed by atoms with Gasteiger partial charge in [0.1, 0.15) is 0 Å². The summed E-state index contributed by atoms with van der Waals surface area (Å²) < 4.78 is 9.27. The van der Waals surface area contributed by atoms with Gasteiger partial charge in [-0.25, -0.2) is 0 Å². The number of fused-ring (bicyclic) bond motifs is 2. The molecule has 8 heteroatoms. The predicted octanol–water partition coefficient (Wildman–Crippen LogP) is 1.57. The number of halogens is 1. The number of nitrogens with zero attached hydrogens (tertiary/aromatic N) is 4. The molecule has 0 radical (unpaired) electrons. The minimum absolute atomic E-state index is 0. The summed E-state index contributed by atoms with van der Waals surface area (Å²) in [4.78, 5) is 7.79. The standard InChI is InChI=1S/C11H16N4O2S.ClH/c1-2-16-11-10(12-14-18-11)7-17-13-9-6-15-4-3-8(9)5-15;/h8H,2-7H2,1H3;1H/b13-9+;. The van der Waals surface area contributed by atoms with Crippen LogP contribution < -0.4 is 4.74 Å². The van der Waals surface area contributed by atoms with E-state index in [1.54, 1.807) is 0 Å². The van der Waals surface area contributed by atoms with Gasteiger partial charge < -0.3 is 9.57 Å². The molecule has 2 aliphatic rings. The van der Waals surface area contributed by atoms with Crippen molar-refractivity contribution in [3.05, 3.63) is 5.69 Å². The zero-order chi connectivity index (χ0) is 12.4. The van der Waals surface area contributed by atoms with Gasteiger partial charge in [0.15, 0.2) is 12.3 Å². The van der Waals surface area contributed by atoms with Crippen LogP contribution in [0.5, 0.6) is 5.06 Å². The molecule has 0 saturated carbocycles. The van der Waals surface area contributed by atoms with Crippen molar-refractivity contribution in [3.63, 3.8) is 0 Å². The van der Waals surface area contributed by atoms with Crippen LogP contribution >= 0.6 is 23.9 Å². The van der Waals surface area contributed by atoms with Crippen LogP contribution in [-0.2, 0) is 11.4 Å². The Morgan fingerprint density at radius 1 is 1.53 bits per heavy atom. The first-order chi connectivity index (χ1) is 8.86. The minimum Gasteiger partial charge on any atom is -0.482 e. The molecule has 0 spiro atoms. The van der Waals surface area contributed by atoms with Crippen molar-refractivity contribution in [2.75, 3.05) is 26.2 Å². The normalized spacial score (nSPS) is 26.5. The van der Waals surface area contributed by atoms with Crippen LogP contribution in [-0.4, -0.2) is 46.4 Å². The zero-order valence-corrected chi connectivity index (χ0v) is 12.4. The zero-order valence-electron chi connectivity index (χ0n) is 10.7. The Kier molecular flexibility index (Phi) is 4.95. The van der Waals surface area contributed by atoms with Crippen LogP contribution in [0, 0.1) is 5.92 Å². The van der Waals surface area contributed by atoms with Crippen molar-refractivity contribution in [3.8, 4) is 5.06 Å². The predicted molar refractivity (Wildman–Crippen MR) is 75.1 cm³/mol. The third-order valence-corrected chi connectivity index (χ3v) is 3.99. The Bertz CT molecular complexity index is 454. The van der Waals surface area contributed by atoms with Gasteiger partial charge in [-0.15, -0.1) is 17.5 Å². The summed E-state index contributed by atoms with van der Waals surface area (Å²) in [6, 6.07) is 0. The molecule has 0 amide bonds. The van der Waals surface area contributed by atoms with Crippen LogP contribution in [0.2, 0.25) is 0 Å². The summed E-state index contributed by atoms with van der Waals surface area (Å²) >= 11 is 1.25. The van der Waals surface area contributed by atoms with Crippen molar-refractivity contribution < 1.29 is 9.57 Å². The average Bonchev–Trinajstić information content (AvgIpc) is 3.06. The van der Waals surface area contributed by atoms with Crippen molar-refractivity contribution in [1.29, 1.82) is 0 Å². The van der Waals surface area contributed by atoms with E-state index in [0.29, 0.717) is 19.1 Å². The van der Waals surface area contributed by atoms with Gasteiger partial charge in [-0.3, -0.25) is 4.90 Å². The Balaban J connectivity index is 0.00000133. The summed E-state index contributed by atoms with van der Waals surface area (Å²) in [6.07, 6.45) is 1.21. The topological polar surface area (TPSA) is 59.8 Å². The maximum absolute atomic E-state index is 5.41. The summed E-state index contributed by atoms with van der Waals surface area (Å²) in [7, 11) is 0. The van der Waals surface area contributed by atoms with E-state index in [1.807, 2.05) is 6.92 Å². The molecular weight excluding hydrogens is 288 g/mol. The van der Waals surface area contributed by atoms with Gasteiger partial charge in [0, 0.05) is 30.5 Å². The van der Waals surface area contributed by atoms with E-state index >= 15 is 0 Å². The van der Waals surface area contributed by atoms with Crippen molar-refractivity contribution >= 4 is 29.7 Å². The second kappa shape index (κ2) is 6.49. The van der Waals surface area contributed by atoms with E-state index in [1.165, 1.54) is 30.2 Å². The third-order valence-electron chi connectivity index (χ3n) is 3.31. The molecule has 6 nitrogen and oxygen atoms in total. The fourth-order valence-corrected chi connectivity index (χ4v) is 3.00. The number of hydrogen-bond donors (Lipinski definition) is 0. The number of ether oxygens (including phenoxy) is 1. The summed E-state index contributed by atoms with van der Waals surface area (Å²) in [5.74, 6) is 0.602. The molecule has 2 unspecified atom stereocenters. The molecule has 0 aliphatic carbocycles. The van der Waals surface area contributed by atoms with Gasteiger partial charge in [0.2, 0.25) is 5.06 Å². The van der Waals surface area contributed by atoms with Crippen LogP contribution in [0.25, 0.3) is 0 Å². The molecule has 2 atom stereocenters. The SMILES string of the molecule is CCOc1snnc1CO/N=C1\CN2CCC1C2.Cl. The van der Waals surface area contributed by atoms with E-state index in [9.17, 15) is 0 Å². The highest BCUT2D eigenvalue weighted by Gasteiger charge is 2.35. The first-order valence-corrected chi connectivity index (χ1v) is 6.99. The van der Waals surface area contributed by atoms with Gasteiger partial charge in [-0.2, -0.15) is 0 Å². The molecule has 3 rings (SSSR count). The molecular formula is C11H17ClN4O2S. The maximum Gasteiger partial charge on any atom is 0.221 e. The van der Waals surface area contributed by atoms with Crippen molar-refractivity contribution in [2.45, 2.75) is 20.0 Å². The highest BCUT2D eigenvalue weighted by molar-refractivity contribution is 7.07. The Morgan fingerprint density at radius 3 is 3.11 bits per heavy atom. The van der Waals surface area contributed by atoms with Crippen LogP contribution in [0.3, 0.4) is 0 Å². The van der Waals surface area contributed by atoms with Crippen molar-refractivity contribution in [2.24, 2.45) is 11.1 Å². The summed E-state index contributed by atoms with van der Waals surface area (Å²) in [6.45, 7) is 6.19. The Hall–Kier alpha value is -0.920. The molecule has 2 bridgehead atoms. The summed E-state index contributed by atoms with van der Waals surface area (Å²) in [5.41, 5.74) is 1.90. The van der Waals surface area contributed by atoms with E-state index in [4.69, 9.17) is 9.57 Å². The Labute approximate surface area is 122 Å². The lowest BCUT2D eigenvalue weighted by Crippen LogP contribution is -2.23. The first kappa shape index (κ1) is 14.5. The van der Waals surface area contributed by atoms with E-state index in [2.05, 4.69) is 19.6 Å². The van der Waals surface area contributed by atoms with Crippen molar-refractivity contribution in [1.82, 2.24) is 14.5 Å². The third kappa shape index (κ3) is 3.16. The van der Waals surface area contributed by atoms with Gasteiger partial charge in [-0.05, 0) is 19.9 Å². The first-order valence-electron chi connectivity index (χ1n) is 6.22. The van der Waals surface area contributed by atoms with Crippen LogP contribution in [0.1, 0.15) is 19.0 Å². The van der Waals surface area contributed by atoms with E-state index < -0.39 is 0 Å². The second-order valence-corrected chi connectivity index (χ2v) is 5.23. The quantitative estimate of drug-likeness (QED) is 0.773. The number of rotatable bonds is 5. The lowest BCUT2D eigenvalue weighted by atomic mass is 10.0. The fraction of sp³-hybridized carbons (Fsp3) is 0.727. The molecule has 106 valence electrons. The molecule has 2 aliphatic heterocycles. The maximum atomic E-state index is 5.41. The average molecular weight is 305 g/mol. The largest absolute Gasteiger partial charge is 0.482 e. The van der Waals surface area contributed by atoms with Gasteiger partial charge in [0.25, 0.3) is 0 Å². The Morgan fingerprint density at radius 2 is 2.42 bits per heavy atom. The van der Waals surface area contributed by atoms with E-state index in [0.717, 1.165) is 23.8 Å². The second-order valence-electron chi connectivity index (χ2n) is 4.52. The molecule has 3 heterocycles. The lowest BCUT2D eigenvalue weighted by molar-refractivity contribution is 0.123. The van der Waals surface area contributed by atoms with Gasteiger partial charge in [0.05, 0.1) is 12.3 Å². The highest BCUT2D eigenvalue weighted by atomic mass is 35.5. The molecule has 0 aromatic carbocycles. The fourth-order valence-electron chi connectivity index (χ4n) is 2.42. The molecule has 1 aromatic rings. The van der Waals surface area contributed by atoms with Crippen LogP contribution in [0.4, 0.5) is 0 Å².